The van der Waals surface area contributed by atoms with E-state index in [1.54, 1.807) is 24.3 Å². The molecule has 4 nitrogen and oxygen atoms in total. The van der Waals surface area contributed by atoms with Crippen molar-refractivity contribution in [3.05, 3.63) is 29.8 Å². The minimum atomic E-state index is -0.198. The highest BCUT2D eigenvalue weighted by molar-refractivity contribution is 5.77. The summed E-state index contributed by atoms with van der Waals surface area (Å²) in [5.74, 6) is -0.0130. The van der Waals surface area contributed by atoms with E-state index >= 15 is 0 Å². The Balaban J connectivity index is 2.46. The molecule has 0 spiro atoms. The Morgan fingerprint density at radius 3 is 2.86 bits per heavy atom. The van der Waals surface area contributed by atoms with Crippen LogP contribution in [0.4, 0.5) is 0 Å². The van der Waals surface area contributed by atoms with E-state index in [1.807, 2.05) is 0 Å². The standard InChI is InChI=1S/C10H13NO3/c1-14-7-10(13)11-6-8-4-2-3-5-9(8)12/h2-5,12H,6-7H2,1H3,(H,11,13). The summed E-state index contributed by atoms with van der Waals surface area (Å²) in [6, 6.07) is 6.87. The fourth-order valence-electron chi connectivity index (χ4n) is 1.04. The number of hydrogen-bond donors (Lipinski definition) is 2. The molecule has 0 radical (unpaired) electrons. The first kappa shape index (κ1) is 10.5. The van der Waals surface area contributed by atoms with Gasteiger partial charge in [-0.1, -0.05) is 18.2 Å². The quantitative estimate of drug-likeness (QED) is 0.741. The number of benzene rings is 1. The molecule has 0 aliphatic rings. The molecule has 1 amide bonds. The third kappa shape index (κ3) is 3.06. The number of ether oxygens (including phenoxy) is 1. The average Bonchev–Trinajstić information content (AvgIpc) is 2.17. The number of carbonyl (C=O) groups is 1. The largest absolute Gasteiger partial charge is 0.508 e. The number of amides is 1. The number of para-hydroxylation sites is 1. The molecule has 0 saturated heterocycles. The first-order chi connectivity index (χ1) is 6.74. The highest BCUT2D eigenvalue weighted by atomic mass is 16.5. The Bertz CT molecular complexity index is 312. The third-order valence-electron chi connectivity index (χ3n) is 1.74. The van der Waals surface area contributed by atoms with E-state index in [0.29, 0.717) is 12.1 Å². The smallest absolute Gasteiger partial charge is 0.246 e. The summed E-state index contributed by atoms with van der Waals surface area (Å²) < 4.78 is 4.65. The van der Waals surface area contributed by atoms with E-state index in [0.717, 1.165) is 0 Å². The Labute approximate surface area is 82.5 Å². The van der Waals surface area contributed by atoms with Gasteiger partial charge in [0.1, 0.15) is 12.4 Å². The molecule has 0 heterocycles. The number of rotatable bonds is 4. The predicted molar refractivity (Wildman–Crippen MR) is 51.8 cm³/mol. The molecule has 4 heteroatoms. The zero-order valence-corrected chi connectivity index (χ0v) is 7.99. The molecule has 1 aromatic rings. The summed E-state index contributed by atoms with van der Waals surface area (Å²) in [5.41, 5.74) is 0.692. The van der Waals surface area contributed by atoms with Crippen molar-refractivity contribution < 1.29 is 14.6 Å². The van der Waals surface area contributed by atoms with E-state index < -0.39 is 0 Å². The molecule has 0 unspecified atom stereocenters. The molecule has 0 fully saturated rings. The molecule has 0 aliphatic carbocycles. The van der Waals surface area contributed by atoms with Crippen molar-refractivity contribution in [2.24, 2.45) is 0 Å². The SMILES string of the molecule is COCC(=O)NCc1ccccc1O. The maximum atomic E-state index is 11.0. The highest BCUT2D eigenvalue weighted by Crippen LogP contribution is 2.14. The fourth-order valence-corrected chi connectivity index (χ4v) is 1.04. The molecule has 0 bridgehead atoms. The van der Waals surface area contributed by atoms with Crippen molar-refractivity contribution in [2.75, 3.05) is 13.7 Å². The summed E-state index contributed by atoms with van der Waals surface area (Å²) in [4.78, 5) is 11.0. The number of phenols is 1. The lowest BCUT2D eigenvalue weighted by Gasteiger charge is -2.05. The minimum Gasteiger partial charge on any atom is -0.508 e. The number of nitrogens with one attached hydrogen (secondary N) is 1. The van der Waals surface area contributed by atoms with E-state index in [-0.39, 0.29) is 18.3 Å². The van der Waals surface area contributed by atoms with Crippen molar-refractivity contribution in [3.8, 4) is 5.75 Å². The summed E-state index contributed by atoms with van der Waals surface area (Å²) in [7, 11) is 1.46. The molecule has 76 valence electrons. The van der Waals surface area contributed by atoms with E-state index in [2.05, 4.69) is 10.1 Å². The van der Waals surface area contributed by atoms with Crippen LogP contribution in [0, 0.1) is 0 Å². The van der Waals surface area contributed by atoms with Gasteiger partial charge < -0.3 is 15.2 Å². The fraction of sp³-hybridized carbons (Fsp3) is 0.300. The molecule has 0 aromatic heterocycles. The van der Waals surface area contributed by atoms with Gasteiger partial charge in [0.2, 0.25) is 5.91 Å². The van der Waals surface area contributed by atoms with E-state index in [4.69, 9.17) is 0 Å². The molecule has 14 heavy (non-hydrogen) atoms. The average molecular weight is 195 g/mol. The van der Waals surface area contributed by atoms with Crippen LogP contribution in [0.25, 0.3) is 0 Å². The zero-order valence-electron chi connectivity index (χ0n) is 7.99. The van der Waals surface area contributed by atoms with Crippen LogP contribution < -0.4 is 5.32 Å². The van der Waals surface area contributed by atoms with Crippen LogP contribution >= 0.6 is 0 Å². The number of aromatic hydroxyl groups is 1. The Kier molecular flexibility index (Phi) is 3.94. The van der Waals surface area contributed by atoms with Crippen molar-refractivity contribution in [1.29, 1.82) is 0 Å². The lowest BCUT2D eigenvalue weighted by molar-refractivity contribution is -0.124. The molecular formula is C10H13NO3. The summed E-state index contributed by atoms with van der Waals surface area (Å²) in [5, 5.41) is 12.0. The van der Waals surface area contributed by atoms with Crippen molar-refractivity contribution in [3.63, 3.8) is 0 Å². The van der Waals surface area contributed by atoms with Crippen LogP contribution in [0.1, 0.15) is 5.56 Å². The number of carbonyl (C=O) groups excluding carboxylic acids is 1. The van der Waals surface area contributed by atoms with E-state index in [9.17, 15) is 9.90 Å². The summed E-state index contributed by atoms with van der Waals surface area (Å²) in [6.07, 6.45) is 0. The first-order valence-electron chi connectivity index (χ1n) is 4.26. The number of phenolic OH excluding ortho intramolecular Hbond substituents is 1. The van der Waals surface area contributed by atoms with Gasteiger partial charge >= 0.3 is 0 Å². The van der Waals surface area contributed by atoms with Crippen molar-refractivity contribution in [1.82, 2.24) is 5.32 Å². The molecular weight excluding hydrogens is 182 g/mol. The van der Waals surface area contributed by atoms with Crippen LogP contribution in [0.5, 0.6) is 5.75 Å². The normalized spacial score (nSPS) is 9.79. The molecule has 0 atom stereocenters. The molecule has 2 N–H and O–H groups in total. The maximum absolute atomic E-state index is 11.0. The third-order valence-corrected chi connectivity index (χ3v) is 1.74. The summed E-state index contributed by atoms with van der Waals surface area (Å²) in [6.45, 7) is 0.350. The van der Waals surface area contributed by atoms with Gasteiger partial charge in [-0.2, -0.15) is 0 Å². The second-order valence-corrected chi connectivity index (χ2v) is 2.84. The molecule has 1 aromatic carbocycles. The van der Waals surface area contributed by atoms with Crippen LogP contribution in [0.15, 0.2) is 24.3 Å². The Morgan fingerprint density at radius 2 is 2.21 bits per heavy atom. The Hall–Kier alpha value is -1.55. The van der Waals surface area contributed by atoms with E-state index in [1.165, 1.54) is 7.11 Å². The summed E-state index contributed by atoms with van der Waals surface area (Å²) >= 11 is 0. The van der Waals surface area contributed by atoms with Gasteiger partial charge in [0.05, 0.1) is 0 Å². The van der Waals surface area contributed by atoms with Gasteiger partial charge in [-0.15, -0.1) is 0 Å². The van der Waals surface area contributed by atoms with Crippen LogP contribution in [0.3, 0.4) is 0 Å². The van der Waals surface area contributed by atoms with Crippen LogP contribution in [-0.2, 0) is 16.1 Å². The van der Waals surface area contributed by atoms with Crippen LogP contribution in [0.2, 0.25) is 0 Å². The lowest BCUT2D eigenvalue weighted by atomic mass is 10.2. The van der Waals surface area contributed by atoms with Gasteiger partial charge in [-0.25, -0.2) is 0 Å². The minimum absolute atomic E-state index is 0.0353. The lowest BCUT2D eigenvalue weighted by Crippen LogP contribution is -2.26. The van der Waals surface area contributed by atoms with Crippen LogP contribution in [-0.4, -0.2) is 24.7 Å². The highest BCUT2D eigenvalue weighted by Gasteiger charge is 2.02. The second-order valence-electron chi connectivity index (χ2n) is 2.84. The van der Waals surface area contributed by atoms with Crippen molar-refractivity contribution in [2.45, 2.75) is 6.54 Å². The first-order valence-corrected chi connectivity index (χ1v) is 4.26. The number of methoxy groups -OCH3 is 1. The maximum Gasteiger partial charge on any atom is 0.246 e. The van der Waals surface area contributed by atoms with Gasteiger partial charge in [-0.05, 0) is 6.07 Å². The van der Waals surface area contributed by atoms with Gasteiger partial charge in [0.25, 0.3) is 0 Å². The molecule has 0 aliphatic heterocycles. The zero-order chi connectivity index (χ0) is 10.4. The number of hydrogen-bond acceptors (Lipinski definition) is 3. The van der Waals surface area contributed by atoms with Gasteiger partial charge in [0.15, 0.2) is 0 Å². The topological polar surface area (TPSA) is 58.6 Å². The van der Waals surface area contributed by atoms with Crippen molar-refractivity contribution >= 4 is 5.91 Å². The predicted octanol–water partition coefficient (Wildman–Crippen LogP) is 0.655. The van der Waals surface area contributed by atoms with Gasteiger partial charge in [-0.3, -0.25) is 4.79 Å². The Morgan fingerprint density at radius 1 is 1.50 bits per heavy atom. The molecule has 0 saturated carbocycles. The molecule has 1 rings (SSSR count). The second kappa shape index (κ2) is 5.24. The van der Waals surface area contributed by atoms with Gasteiger partial charge in [0, 0.05) is 19.2 Å². The monoisotopic (exact) mass is 195 g/mol.